The summed E-state index contributed by atoms with van der Waals surface area (Å²) in [6.45, 7) is 3.27. The summed E-state index contributed by atoms with van der Waals surface area (Å²) in [6, 6.07) is 12.1. The van der Waals surface area contributed by atoms with Crippen LogP contribution in [0.5, 0.6) is 0 Å². The number of aromatic nitrogens is 2. The van der Waals surface area contributed by atoms with Crippen molar-refractivity contribution in [2.45, 2.75) is 57.2 Å². The fourth-order valence-corrected chi connectivity index (χ4v) is 3.48. The molecule has 2 aromatic rings. The molecule has 3 heteroatoms. The Kier molecular flexibility index (Phi) is 4.71. The minimum atomic E-state index is 0.498. The highest BCUT2D eigenvalue weighted by molar-refractivity contribution is 5.20. The van der Waals surface area contributed by atoms with E-state index in [1.807, 2.05) is 18.7 Å². The smallest absolute Gasteiger partial charge is 0.0946 e. The Labute approximate surface area is 127 Å². The summed E-state index contributed by atoms with van der Waals surface area (Å²) in [5, 5.41) is 3.78. The van der Waals surface area contributed by atoms with Gasteiger partial charge >= 0.3 is 0 Å². The number of nitrogens with one attached hydrogen (secondary N) is 1. The topological polar surface area (TPSA) is 29.9 Å². The van der Waals surface area contributed by atoms with Crippen LogP contribution in [0.15, 0.2) is 49.1 Å². The fraction of sp³-hybridized carbons (Fsp3) is 0.500. The van der Waals surface area contributed by atoms with Crippen molar-refractivity contribution in [3.63, 3.8) is 0 Å². The first-order chi connectivity index (χ1) is 10.3. The van der Waals surface area contributed by atoms with Crippen LogP contribution in [0.3, 0.4) is 0 Å². The molecule has 1 heterocycles. The van der Waals surface area contributed by atoms with E-state index < -0.39 is 0 Å². The molecule has 0 spiro atoms. The zero-order chi connectivity index (χ0) is 14.5. The summed E-state index contributed by atoms with van der Waals surface area (Å²) in [7, 11) is 0. The first-order valence-corrected chi connectivity index (χ1v) is 8.08. The van der Waals surface area contributed by atoms with Crippen molar-refractivity contribution in [3.05, 3.63) is 54.6 Å². The van der Waals surface area contributed by atoms with Crippen LogP contribution in [-0.2, 0) is 6.54 Å². The molecule has 1 fully saturated rings. The molecule has 3 nitrogen and oxygen atoms in total. The highest BCUT2D eigenvalue weighted by atomic mass is 15.1. The van der Waals surface area contributed by atoms with Crippen LogP contribution < -0.4 is 5.32 Å². The largest absolute Gasteiger partial charge is 0.336 e. The normalized spacial score (nSPS) is 23.9. The molecule has 3 rings (SSSR count). The number of nitrogens with zero attached hydrogens (tertiary/aromatic N) is 2. The number of rotatable bonds is 5. The van der Waals surface area contributed by atoms with Crippen molar-refractivity contribution >= 4 is 0 Å². The third kappa shape index (κ3) is 3.94. The van der Waals surface area contributed by atoms with Crippen LogP contribution in [0.2, 0.25) is 0 Å². The Morgan fingerprint density at radius 1 is 1.19 bits per heavy atom. The van der Waals surface area contributed by atoms with Gasteiger partial charge in [0.25, 0.3) is 0 Å². The van der Waals surface area contributed by atoms with Crippen molar-refractivity contribution in [1.29, 1.82) is 0 Å². The summed E-state index contributed by atoms with van der Waals surface area (Å²) in [5.41, 5.74) is 1.52. The van der Waals surface area contributed by atoms with Gasteiger partial charge in [-0.15, -0.1) is 0 Å². The van der Waals surface area contributed by atoms with Crippen LogP contribution >= 0.6 is 0 Å². The molecule has 1 atom stereocenters. The van der Waals surface area contributed by atoms with E-state index in [1.165, 1.54) is 31.2 Å². The molecule has 1 unspecified atom stereocenters. The van der Waals surface area contributed by atoms with Gasteiger partial charge in [0.15, 0.2) is 0 Å². The first-order valence-electron chi connectivity index (χ1n) is 8.08. The van der Waals surface area contributed by atoms with Crippen molar-refractivity contribution in [1.82, 2.24) is 14.9 Å². The Balaban J connectivity index is 1.45. The molecule has 0 saturated heterocycles. The lowest BCUT2D eigenvalue weighted by Gasteiger charge is -2.31. The van der Waals surface area contributed by atoms with Crippen LogP contribution in [0.4, 0.5) is 0 Å². The van der Waals surface area contributed by atoms with Gasteiger partial charge in [-0.05, 0) is 44.1 Å². The number of hydrogen-bond donors (Lipinski definition) is 1. The molecule has 1 saturated carbocycles. The lowest BCUT2D eigenvalue weighted by Crippen LogP contribution is -2.40. The van der Waals surface area contributed by atoms with Crippen LogP contribution in [0.1, 0.15) is 44.1 Å². The molecule has 1 aromatic heterocycles. The molecule has 0 aliphatic heterocycles. The highest BCUT2D eigenvalue weighted by Crippen LogP contribution is 2.32. The Hall–Kier alpha value is -1.61. The van der Waals surface area contributed by atoms with Crippen LogP contribution in [0.25, 0.3) is 0 Å². The minimum absolute atomic E-state index is 0.498. The summed E-state index contributed by atoms with van der Waals surface area (Å²) >= 11 is 0. The summed E-state index contributed by atoms with van der Waals surface area (Å²) in [6.07, 6.45) is 11.0. The second kappa shape index (κ2) is 6.90. The zero-order valence-corrected chi connectivity index (χ0v) is 12.8. The number of benzene rings is 1. The van der Waals surface area contributed by atoms with Crippen LogP contribution in [-0.4, -0.2) is 21.6 Å². The average molecular weight is 283 g/mol. The SMILES string of the molecule is CC(Cn1ccnc1)NC1CCC(c2ccccc2)CC1. The number of imidazole rings is 1. The van der Waals surface area contributed by atoms with Crippen molar-refractivity contribution in [2.24, 2.45) is 0 Å². The fourth-order valence-electron chi connectivity index (χ4n) is 3.48. The zero-order valence-electron chi connectivity index (χ0n) is 12.8. The van der Waals surface area contributed by atoms with Gasteiger partial charge < -0.3 is 9.88 Å². The molecular weight excluding hydrogens is 258 g/mol. The minimum Gasteiger partial charge on any atom is -0.336 e. The predicted octanol–water partition coefficient (Wildman–Crippen LogP) is 3.59. The standard InChI is InChI=1S/C18H25N3/c1-15(13-21-12-11-19-14-21)20-18-9-7-17(8-10-18)16-5-3-2-4-6-16/h2-6,11-12,14-15,17-18,20H,7-10,13H2,1H3. The molecule has 112 valence electrons. The van der Waals surface area contributed by atoms with Crippen molar-refractivity contribution in [3.8, 4) is 0 Å². The van der Waals surface area contributed by atoms with E-state index in [0.717, 1.165) is 12.5 Å². The van der Waals surface area contributed by atoms with Gasteiger partial charge in [-0.25, -0.2) is 4.98 Å². The maximum Gasteiger partial charge on any atom is 0.0946 e. The quantitative estimate of drug-likeness (QED) is 0.909. The Bertz CT molecular complexity index is 513. The van der Waals surface area contributed by atoms with E-state index in [4.69, 9.17) is 0 Å². The summed E-state index contributed by atoms with van der Waals surface area (Å²) in [4.78, 5) is 4.10. The Morgan fingerprint density at radius 3 is 2.62 bits per heavy atom. The lowest BCUT2D eigenvalue weighted by molar-refractivity contribution is 0.308. The molecule has 0 bridgehead atoms. The Morgan fingerprint density at radius 2 is 1.95 bits per heavy atom. The molecule has 1 aromatic carbocycles. The molecule has 0 radical (unpaired) electrons. The summed E-state index contributed by atoms with van der Waals surface area (Å²) < 4.78 is 2.15. The molecule has 1 N–H and O–H groups in total. The van der Waals surface area contributed by atoms with E-state index >= 15 is 0 Å². The van der Waals surface area contributed by atoms with Crippen molar-refractivity contribution < 1.29 is 0 Å². The van der Waals surface area contributed by atoms with E-state index in [9.17, 15) is 0 Å². The van der Waals surface area contributed by atoms with Gasteiger partial charge in [-0.1, -0.05) is 30.3 Å². The van der Waals surface area contributed by atoms with Gasteiger partial charge in [0.2, 0.25) is 0 Å². The van der Waals surface area contributed by atoms with Gasteiger partial charge in [-0.3, -0.25) is 0 Å². The van der Waals surface area contributed by atoms with E-state index in [0.29, 0.717) is 12.1 Å². The molecule has 21 heavy (non-hydrogen) atoms. The maximum atomic E-state index is 4.10. The molecular formula is C18H25N3. The average Bonchev–Trinajstić information content (AvgIpc) is 3.02. The van der Waals surface area contributed by atoms with Gasteiger partial charge in [0.1, 0.15) is 0 Å². The summed E-state index contributed by atoms with van der Waals surface area (Å²) in [5.74, 6) is 0.758. The second-order valence-electron chi connectivity index (χ2n) is 6.29. The molecule has 1 aliphatic carbocycles. The third-order valence-corrected chi connectivity index (χ3v) is 4.56. The van der Waals surface area contributed by atoms with E-state index in [2.05, 4.69) is 52.1 Å². The number of hydrogen-bond acceptors (Lipinski definition) is 2. The van der Waals surface area contributed by atoms with Crippen molar-refractivity contribution in [2.75, 3.05) is 0 Å². The second-order valence-corrected chi connectivity index (χ2v) is 6.29. The molecule has 1 aliphatic rings. The highest BCUT2D eigenvalue weighted by Gasteiger charge is 2.23. The van der Waals surface area contributed by atoms with Gasteiger partial charge in [0, 0.05) is 31.0 Å². The van der Waals surface area contributed by atoms with E-state index in [-0.39, 0.29) is 0 Å². The van der Waals surface area contributed by atoms with Gasteiger partial charge in [0.05, 0.1) is 6.33 Å². The molecule has 0 amide bonds. The monoisotopic (exact) mass is 283 g/mol. The predicted molar refractivity (Wildman–Crippen MR) is 86.3 cm³/mol. The van der Waals surface area contributed by atoms with E-state index in [1.54, 1.807) is 0 Å². The van der Waals surface area contributed by atoms with Gasteiger partial charge in [-0.2, -0.15) is 0 Å². The third-order valence-electron chi connectivity index (χ3n) is 4.56. The first kappa shape index (κ1) is 14.3. The van der Waals surface area contributed by atoms with Crippen LogP contribution in [0, 0.1) is 0 Å². The lowest BCUT2D eigenvalue weighted by atomic mass is 9.81. The maximum absolute atomic E-state index is 4.10.